The molecule has 0 saturated carbocycles. The minimum atomic E-state index is 0.541. The molecule has 0 aliphatic carbocycles. The Morgan fingerprint density at radius 3 is 2.41 bits per heavy atom. The zero-order valence-corrected chi connectivity index (χ0v) is 20.8. The molecule has 0 saturated heterocycles. The maximum Gasteiger partial charge on any atom is 0.209 e. The fourth-order valence-electron chi connectivity index (χ4n) is 3.43. The molecule has 0 aliphatic heterocycles. The Balaban J connectivity index is 1.46. The van der Waals surface area contributed by atoms with E-state index < -0.39 is 0 Å². The van der Waals surface area contributed by atoms with Gasteiger partial charge >= 0.3 is 0 Å². The van der Waals surface area contributed by atoms with Gasteiger partial charge in [0.2, 0.25) is 5.82 Å². The normalized spacial score (nSPS) is 11.0. The van der Waals surface area contributed by atoms with Crippen LogP contribution in [-0.2, 0) is 12.3 Å². The second-order valence-electron chi connectivity index (χ2n) is 7.52. The Hall–Kier alpha value is -3.43. The number of thioether (sulfide) groups is 1. The van der Waals surface area contributed by atoms with Gasteiger partial charge in [-0.3, -0.25) is 0 Å². The smallest absolute Gasteiger partial charge is 0.209 e. The predicted molar refractivity (Wildman–Crippen MR) is 136 cm³/mol. The average Bonchev–Trinajstić information content (AvgIpc) is 3.52. The highest BCUT2D eigenvalue weighted by Gasteiger charge is 2.19. The summed E-state index contributed by atoms with van der Waals surface area (Å²) in [6.45, 7) is 0.541. The number of aromatic nitrogens is 6. The Morgan fingerprint density at radius 1 is 0.912 bits per heavy atom. The molecule has 2 aromatic heterocycles. The SMILES string of the molecule is COc1ccc(-n2ncc(-c3nnn(Cc4ccc(Br)cc4)n3)c2SCc2ccccc2)cc1. The number of ether oxygens (including phenoxy) is 1. The quantitative estimate of drug-likeness (QED) is 0.241. The molecule has 9 heteroatoms. The third-order valence-electron chi connectivity index (χ3n) is 5.19. The van der Waals surface area contributed by atoms with Crippen LogP contribution in [0, 0.1) is 0 Å². The van der Waals surface area contributed by atoms with Gasteiger partial charge in [-0.2, -0.15) is 9.90 Å². The van der Waals surface area contributed by atoms with Gasteiger partial charge in [-0.1, -0.05) is 58.4 Å². The Bertz CT molecular complexity index is 1370. The van der Waals surface area contributed by atoms with E-state index in [1.54, 1.807) is 29.9 Å². The summed E-state index contributed by atoms with van der Waals surface area (Å²) in [7, 11) is 1.66. The van der Waals surface area contributed by atoms with Gasteiger partial charge in [0.25, 0.3) is 0 Å². The van der Waals surface area contributed by atoms with Crippen LogP contribution in [0.15, 0.2) is 94.6 Å². The lowest BCUT2D eigenvalue weighted by atomic mass is 10.2. The van der Waals surface area contributed by atoms with Crippen LogP contribution in [0.2, 0.25) is 0 Å². The van der Waals surface area contributed by atoms with Gasteiger partial charge in [-0.05, 0) is 52.7 Å². The Kier molecular flexibility index (Phi) is 6.73. The molecule has 0 atom stereocenters. The maximum atomic E-state index is 5.30. The van der Waals surface area contributed by atoms with Gasteiger partial charge in [-0.15, -0.1) is 22.0 Å². The summed E-state index contributed by atoms with van der Waals surface area (Å²) in [5.41, 5.74) is 4.11. The first-order chi connectivity index (χ1) is 16.7. The van der Waals surface area contributed by atoms with E-state index in [0.717, 1.165) is 37.8 Å². The fourth-order valence-corrected chi connectivity index (χ4v) is 4.77. The van der Waals surface area contributed by atoms with Crippen molar-refractivity contribution in [3.63, 3.8) is 0 Å². The van der Waals surface area contributed by atoms with Crippen LogP contribution in [0.1, 0.15) is 11.1 Å². The zero-order chi connectivity index (χ0) is 23.3. The minimum Gasteiger partial charge on any atom is -0.497 e. The van der Waals surface area contributed by atoms with Crippen molar-refractivity contribution in [2.45, 2.75) is 17.3 Å². The van der Waals surface area contributed by atoms with E-state index in [4.69, 9.17) is 4.74 Å². The van der Waals surface area contributed by atoms with E-state index in [9.17, 15) is 0 Å². The average molecular weight is 533 g/mol. The molecule has 0 unspecified atom stereocenters. The van der Waals surface area contributed by atoms with E-state index >= 15 is 0 Å². The van der Waals surface area contributed by atoms with Crippen LogP contribution in [0.3, 0.4) is 0 Å². The number of methoxy groups -OCH3 is 1. The number of tetrazole rings is 1. The summed E-state index contributed by atoms with van der Waals surface area (Å²) in [5, 5.41) is 18.9. The predicted octanol–water partition coefficient (Wildman–Crippen LogP) is 5.64. The van der Waals surface area contributed by atoms with Crippen molar-refractivity contribution in [1.82, 2.24) is 30.0 Å². The number of nitrogens with zero attached hydrogens (tertiary/aromatic N) is 6. The Morgan fingerprint density at radius 2 is 1.68 bits per heavy atom. The van der Waals surface area contributed by atoms with Crippen molar-refractivity contribution in [2.24, 2.45) is 0 Å². The fraction of sp³-hybridized carbons (Fsp3) is 0.120. The third-order valence-corrected chi connectivity index (χ3v) is 6.86. The van der Waals surface area contributed by atoms with Gasteiger partial charge in [-0.25, -0.2) is 4.68 Å². The summed E-state index contributed by atoms with van der Waals surface area (Å²) < 4.78 is 8.26. The monoisotopic (exact) mass is 532 g/mol. The van der Waals surface area contributed by atoms with Crippen LogP contribution < -0.4 is 4.74 Å². The molecule has 5 rings (SSSR count). The second kappa shape index (κ2) is 10.2. The van der Waals surface area contributed by atoms with Crippen molar-refractivity contribution in [3.8, 4) is 22.8 Å². The molecule has 170 valence electrons. The van der Waals surface area contributed by atoms with E-state index in [1.807, 2.05) is 71.4 Å². The van der Waals surface area contributed by atoms with Crippen LogP contribution in [-0.4, -0.2) is 37.1 Å². The first-order valence-corrected chi connectivity index (χ1v) is 12.4. The highest BCUT2D eigenvalue weighted by atomic mass is 79.9. The number of hydrogen-bond acceptors (Lipinski definition) is 6. The standard InChI is InChI=1S/C25H21BrN6OS/c1-33-22-13-11-21(12-14-22)32-25(34-17-19-5-3-2-4-6-19)23(15-27-32)24-28-30-31(29-24)16-18-7-9-20(26)10-8-18/h2-15H,16-17H2,1H3. The maximum absolute atomic E-state index is 5.30. The number of hydrogen-bond donors (Lipinski definition) is 0. The highest BCUT2D eigenvalue weighted by molar-refractivity contribution is 9.10. The van der Waals surface area contributed by atoms with Gasteiger partial charge in [0, 0.05) is 10.2 Å². The number of benzene rings is 3. The van der Waals surface area contributed by atoms with Crippen LogP contribution >= 0.6 is 27.7 Å². The van der Waals surface area contributed by atoms with Crippen molar-refractivity contribution in [2.75, 3.05) is 7.11 Å². The molecule has 2 heterocycles. The van der Waals surface area contributed by atoms with Gasteiger partial charge < -0.3 is 4.74 Å². The first-order valence-electron chi connectivity index (χ1n) is 10.6. The molecule has 7 nitrogen and oxygen atoms in total. The first kappa shape index (κ1) is 22.4. The van der Waals surface area contributed by atoms with Crippen LogP contribution in [0.25, 0.3) is 17.1 Å². The number of rotatable bonds is 8. The van der Waals surface area contributed by atoms with Crippen molar-refractivity contribution in [3.05, 3.63) is 101 Å². The third kappa shape index (κ3) is 5.05. The van der Waals surface area contributed by atoms with Gasteiger partial charge in [0.1, 0.15) is 10.8 Å². The molecule has 34 heavy (non-hydrogen) atoms. The number of halogens is 1. The summed E-state index contributed by atoms with van der Waals surface area (Å²) in [6, 6.07) is 26.3. The van der Waals surface area contributed by atoms with Crippen molar-refractivity contribution in [1.29, 1.82) is 0 Å². The second-order valence-corrected chi connectivity index (χ2v) is 9.40. The Labute approximate surface area is 209 Å². The largest absolute Gasteiger partial charge is 0.497 e. The highest BCUT2D eigenvalue weighted by Crippen LogP contribution is 2.33. The van der Waals surface area contributed by atoms with E-state index in [-0.39, 0.29) is 0 Å². The molecule has 0 bridgehead atoms. The molecule has 5 aromatic rings. The lowest BCUT2D eigenvalue weighted by Crippen LogP contribution is -2.03. The van der Waals surface area contributed by atoms with Crippen LogP contribution in [0.4, 0.5) is 0 Å². The molecule has 0 amide bonds. The van der Waals surface area contributed by atoms with E-state index in [2.05, 4.69) is 48.6 Å². The molecule has 0 aliphatic rings. The topological polar surface area (TPSA) is 70.7 Å². The molecule has 0 spiro atoms. The molecule has 3 aromatic carbocycles. The lowest BCUT2D eigenvalue weighted by molar-refractivity contribution is 0.414. The summed E-state index contributed by atoms with van der Waals surface area (Å²) in [6.07, 6.45) is 1.80. The molecule has 0 N–H and O–H groups in total. The van der Waals surface area contributed by atoms with Crippen LogP contribution in [0.5, 0.6) is 5.75 Å². The van der Waals surface area contributed by atoms with Crippen molar-refractivity contribution < 1.29 is 4.74 Å². The summed E-state index contributed by atoms with van der Waals surface area (Å²) in [4.78, 5) is 1.61. The molecular formula is C25H21BrN6OS. The molecule has 0 fully saturated rings. The van der Waals surface area contributed by atoms with Gasteiger partial charge in [0.15, 0.2) is 0 Å². The van der Waals surface area contributed by atoms with Gasteiger partial charge in [0.05, 0.1) is 31.1 Å². The van der Waals surface area contributed by atoms with E-state index in [0.29, 0.717) is 12.4 Å². The lowest BCUT2D eigenvalue weighted by Gasteiger charge is -2.09. The summed E-state index contributed by atoms with van der Waals surface area (Å²) >= 11 is 5.16. The zero-order valence-electron chi connectivity index (χ0n) is 18.4. The van der Waals surface area contributed by atoms with E-state index in [1.165, 1.54) is 5.56 Å². The summed E-state index contributed by atoms with van der Waals surface area (Å²) in [5.74, 6) is 2.14. The molecular weight excluding hydrogens is 512 g/mol. The van der Waals surface area contributed by atoms with Crippen molar-refractivity contribution >= 4 is 27.7 Å². The molecule has 0 radical (unpaired) electrons. The minimum absolute atomic E-state index is 0.541.